The van der Waals surface area contributed by atoms with Crippen molar-refractivity contribution in [2.75, 3.05) is 5.32 Å². The number of hydrogen-bond donors (Lipinski definition) is 1. The summed E-state index contributed by atoms with van der Waals surface area (Å²) in [6.07, 6.45) is 3.48. The van der Waals surface area contributed by atoms with Crippen LogP contribution in [0.25, 0.3) is 10.8 Å². The Balaban J connectivity index is 1.62. The second kappa shape index (κ2) is 5.25. The van der Waals surface area contributed by atoms with Crippen LogP contribution in [0.3, 0.4) is 0 Å². The molecule has 21 heavy (non-hydrogen) atoms. The molecule has 0 fully saturated rings. The molecule has 0 saturated heterocycles. The summed E-state index contributed by atoms with van der Waals surface area (Å²) in [6, 6.07) is 24.5. The Hall–Kier alpha value is -2.28. The van der Waals surface area contributed by atoms with E-state index in [0.29, 0.717) is 6.04 Å². The number of para-hydroxylation sites is 1. The lowest BCUT2D eigenvalue weighted by Crippen LogP contribution is -2.27. The zero-order valence-corrected chi connectivity index (χ0v) is 12.0. The first-order valence-corrected chi connectivity index (χ1v) is 7.71. The molecule has 3 aromatic carbocycles. The van der Waals surface area contributed by atoms with Crippen molar-refractivity contribution in [3.05, 3.63) is 77.9 Å². The highest BCUT2D eigenvalue weighted by molar-refractivity contribution is 5.85. The third-order valence-corrected chi connectivity index (χ3v) is 4.49. The summed E-state index contributed by atoms with van der Waals surface area (Å²) in [5.41, 5.74) is 4.21. The van der Waals surface area contributed by atoms with Gasteiger partial charge in [0.05, 0.1) is 0 Å². The summed E-state index contributed by atoms with van der Waals surface area (Å²) in [5.74, 6) is 0. The van der Waals surface area contributed by atoms with Gasteiger partial charge in [-0.2, -0.15) is 0 Å². The fourth-order valence-electron chi connectivity index (χ4n) is 3.39. The summed E-state index contributed by atoms with van der Waals surface area (Å²) in [5, 5.41) is 6.44. The fraction of sp³-hybridized carbons (Fsp3) is 0.200. The monoisotopic (exact) mass is 273 g/mol. The average molecular weight is 273 g/mol. The van der Waals surface area contributed by atoms with Crippen molar-refractivity contribution in [2.24, 2.45) is 0 Å². The van der Waals surface area contributed by atoms with E-state index in [1.165, 1.54) is 40.4 Å². The summed E-state index contributed by atoms with van der Waals surface area (Å²) < 4.78 is 0. The maximum atomic E-state index is 3.71. The predicted molar refractivity (Wildman–Crippen MR) is 89.8 cm³/mol. The van der Waals surface area contributed by atoms with Crippen LogP contribution in [0.5, 0.6) is 0 Å². The van der Waals surface area contributed by atoms with Gasteiger partial charge in [-0.15, -0.1) is 0 Å². The van der Waals surface area contributed by atoms with E-state index in [9.17, 15) is 0 Å². The molecule has 0 spiro atoms. The van der Waals surface area contributed by atoms with Crippen LogP contribution in [0, 0.1) is 0 Å². The number of benzene rings is 3. The smallest absolute Gasteiger partial charge is 0.0374 e. The molecule has 0 aliphatic carbocycles. The minimum atomic E-state index is 0.533. The van der Waals surface area contributed by atoms with Crippen molar-refractivity contribution in [1.82, 2.24) is 0 Å². The summed E-state index contributed by atoms with van der Waals surface area (Å²) in [7, 11) is 0. The standard InChI is InChI=1S/C20H19N/c1-3-10-19-15(6-1)8-5-9-17(19)14-18-13-12-16-7-2-4-11-20(16)21-18/h1-11,18,21H,12-14H2. The van der Waals surface area contributed by atoms with Crippen molar-refractivity contribution in [3.8, 4) is 0 Å². The molecule has 1 heteroatoms. The minimum absolute atomic E-state index is 0.533. The number of aryl methyl sites for hydroxylation is 1. The summed E-state index contributed by atoms with van der Waals surface area (Å²) in [4.78, 5) is 0. The van der Waals surface area contributed by atoms with Gasteiger partial charge in [0.1, 0.15) is 0 Å². The first kappa shape index (κ1) is 12.5. The number of fused-ring (bicyclic) bond motifs is 2. The van der Waals surface area contributed by atoms with Crippen LogP contribution in [0.2, 0.25) is 0 Å². The first-order chi connectivity index (χ1) is 10.4. The lowest BCUT2D eigenvalue weighted by Gasteiger charge is -2.27. The van der Waals surface area contributed by atoms with E-state index >= 15 is 0 Å². The van der Waals surface area contributed by atoms with Gasteiger partial charge in [-0.05, 0) is 47.2 Å². The van der Waals surface area contributed by atoms with Crippen molar-refractivity contribution in [2.45, 2.75) is 25.3 Å². The number of nitrogens with one attached hydrogen (secondary N) is 1. The molecule has 1 aliphatic rings. The van der Waals surface area contributed by atoms with E-state index in [1.54, 1.807) is 0 Å². The van der Waals surface area contributed by atoms with Crippen LogP contribution in [-0.2, 0) is 12.8 Å². The second-order valence-electron chi connectivity index (χ2n) is 5.88. The van der Waals surface area contributed by atoms with Gasteiger partial charge in [0.25, 0.3) is 0 Å². The lowest BCUT2D eigenvalue weighted by molar-refractivity contribution is 0.630. The van der Waals surface area contributed by atoms with Gasteiger partial charge in [0, 0.05) is 11.7 Å². The Labute approximate surface area is 125 Å². The van der Waals surface area contributed by atoms with Crippen LogP contribution in [-0.4, -0.2) is 6.04 Å². The van der Waals surface area contributed by atoms with Crippen molar-refractivity contribution in [3.63, 3.8) is 0 Å². The highest BCUT2D eigenvalue weighted by atomic mass is 14.9. The number of hydrogen-bond acceptors (Lipinski definition) is 1. The van der Waals surface area contributed by atoms with E-state index in [-0.39, 0.29) is 0 Å². The Morgan fingerprint density at radius 3 is 2.67 bits per heavy atom. The van der Waals surface area contributed by atoms with Crippen LogP contribution < -0.4 is 5.32 Å². The molecule has 0 aromatic heterocycles. The fourth-order valence-corrected chi connectivity index (χ4v) is 3.39. The largest absolute Gasteiger partial charge is 0.382 e. The Morgan fingerprint density at radius 1 is 0.857 bits per heavy atom. The zero-order chi connectivity index (χ0) is 14.1. The van der Waals surface area contributed by atoms with Gasteiger partial charge >= 0.3 is 0 Å². The zero-order valence-electron chi connectivity index (χ0n) is 12.0. The van der Waals surface area contributed by atoms with Gasteiger partial charge in [-0.25, -0.2) is 0 Å². The molecule has 104 valence electrons. The Kier molecular flexibility index (Phi) is 3.11. The quantitative estimate of drug-likeness (QED) is 0.706. The molecule has 0 bridgehead atoms. The Morgan fingerprint density at radius 2 is 1.67 bits per heavy atom. The van der Waals surface area contributed by atoms with Crippen LogP contribution in [0.4, 0.5) is 5.69 Å². The van der Waals surface area contributed by atoms with Crippen LogP contribution in [0.15, 0.2) is 66.7 Å². The summed E-state index contributed by atoms with van der Waals surface area (Å²) in [6.45, 7) is 0. The van der Waals surface area contributed by atoms with Gasteiger partial charge in [-0.3, -0.25) is 0 Å². The molecular weight excluding hydrogens is 254 g/mol. The predicted octanol–water partition coefficient (Wildman–Crippen LogP) is 4.81. The SMILES string of the molecule is c1ccc2c(c1)CCC(Cc1cccc3ccccc13)N2. The van der Waals surface area contributed by atoms with E-state index in [0.717, 1.165) is 6.42 Å². The molecule has 1 aliphatic heterocycles. The average Bonchev–Trinajstić information content (AvgIpc) is 2.55. The molecule has 3 aromatic rings. The van der Waals surface area contributed by atoms with E-state index in [2.05, 4.69) is 72.0 Å². The maximum Gasteiger partial charge on any atom is 0.0374 e. The van der Waals surface area contributed by atoms with Gasteiger partial charge in [0.2, 0.25) is 0 Å². The van der Waals surface area contributed by atoms with Gasteiger partial charge in [0.15, 0.2) is 0 Å². The first-order valence-electron chi connectivity index (χ1n) is 7.71. The number of anilines is 1. The van der Waals surface area contributed by atoms with Crippen molar-refractivity contribution in [1.29, 1.82) is 0 Å². The van der Waals surface area contributed by atoms with E-state index < -0.39 is 0 Å². The molecular formula is C20H19N. The van der Waals surface area contributed by atoms with Crippen molar-refractivity contribution < 1.29 is 0 Å². The number of rotatable bonds is 2. The van der Waals surface area contributed by atoms with Crippen LogP contribution >= 0.6 is 0 Å². The van der Waals surface area contributed by atoms with Gasteiger partial charge < -0.3 is 5.32 Å². The molecule has 1 nitrogen and oxygen atoms in total. The van der Waals surface area contributed by atoms with Crippen molar-refractivity contribution >= 4 is 16.5 Å². The molecule has 1 unspecified atom stereocenters. The third kappa shape index (κ3) is 2.40. The van der Waals surface area contributed by atoms with E-state index in [1.807, 2.05) is 0 Å². The molecule has 0 radical (unpaired) electrons. The lowest BCUT2D eigenvalue weighted by atomic mass is 9.92. The topological polar surface area (TPSA) is 12.0 Å². The van der Waals surface area contributed by atoms with Gasteiger partial charge in [-0.1, -0.05) is 60.7 Å². The Bertz CT molecular complexity index is 770. The summed E-state index contributed by atoms with van der Waals surface area (Å²) >= 11 is 0. The minimum Gasteiger partial charge on any atom is -0.382 e. The normalized spacial score (nSPS) is 17.2. The molecule has 1 atom stereocenters. The molecule has 4 rings (SSSR count). The molecule has 0 saturated carbocycles. The van der Waals surface area contributed by atoms with Crippen LogP contribution in [0.1, 0.15) is 17.5 Å². The molecule has 1 N–H and O–H groups in total. The second-order valence-corrected chi connectivity index (χ2v) is 5.88. The van der Waals surface area contributed by atoms with E-state index in [4.69, 9.17) is 0 Å². The maximum absolute atomic E-state index is 3.71. The molecule has 0 amide bonds. The highest BCUT2D eigenvalue weighted by Gasteiger charge is 2.18. The molecule has 1 heterocycles. The highest BCUT2D eigenvalue weighted by Crippen LogP contribution is 2.27. The third-order valence-electron chi connectivity index (χ3n) is 4.49.